The maximum absolute atomic E-state index is 12.3. The smallest absolute Gasteiger partial charge is 0.331 e. The minimum absolute atomic E-state index is 0.0297. The first-order valence-electron chi connectivity index (χ1n) is 6.77. The number of sulfonamides is 1. The molecule has 0 saturated carbocycles. The zero-order valence-corrected chi connectivity index (χ0v) is 13.8. The van der Waals surface area contributed by atoms with Crippen molar-refractivity contribution in [2.45, 2.75) is 24.0 Å². The molecule has 0 radical (unpaired) electrons. The third-order valence-electron chi connectivity index (χ3n) is 3.66. The average molecular weight is 346 g/mol. The molecule has 1 aromatic heterocycles. The summed E-state index contributed by atoms with van der Waals surface area (Å²) in [7, 11) is -1.15. The molecular formula is C13H18N2O7S. The predicted octanol–water partition coefficient (Wildman–Crippen LogP) is -0.188. The molecule has 1 amide bonds. The summed E-state index contributed by atoms with van der Waals surface area (Å²) in [5.41, 5.74) is -1.54. The first-order valence-corrected chi connectivity index (χ1v) is 8.21. The number of carboxylic acids is 1. The van der Waals surface area contributed by atoms with Crippen molar-refractivity contribution in [1.29, 1.82) is 0 Å². The molecule has 0 aromatic carbocycles. The van der Waals surface area contributed by atoms with Crippen LogP contribution in [0.2, 0.25) is 0 Å². The van der Waals surface area contributed by atoms with Gasteiger partial charge < -0.3 is 19.6 Å². The minimum Gasteiger partial charge on any atom is -0.479 e. The number of hydrogen-bond donors (Lipinski definition) is 2. The number of amides is 1. The number of nitrogens with zero attached hydrogens (tertiary/aromatic N) is 1. The lowest BCUT2D eigenvalue weighted by atomic mass is 9.98. The maximum atomic E-state index is 12.3. The number of carbonyl (C=O) groups excluding carboxylic acids is 1. The fourth-order valence-corrected chi connectivity index (χ4v) is 3.01. The Morgan fingerprint density at radius 1 is 1.39 bits per heavy atom. The molecule has 1 saturated heterocycles. The van der Waals surface area contributed by atoms with E-state index in [1.54, 1.807) is 0 Å². The highest BCUT2D eigenvalue weighted by molar-refractivity contribution is 7.88. The van der Waals surface area contributed by atoms with Gasteiger partial charge in [0.25, 0.3) is 15.9 Å². The number of carboxylic acid groups (broad SMARTS) is 1. The molecule has 1 aliphatic rings. The zero-order chi connectivity index (χ0) is 17.4. The van der Waals surface area contributed by atoms with Crippen molar-refractivity contribution in [3.8, 4) is 0 Å². The zero-order valence-electron chi connectivity index (χ0n) is 13.0. The van der Waals surface area contributed by atoms with Gasteiger partial charge in [0.2, 0.25) is 5.09 Å². The van der Waals surface area contributed by atoms with Gasteiger partial charge in [0.05, 0.1) is 12.2 Å². The molecule has 9 nitrogen and oxygen atoms in total. The Morgan fingerprint density at radius 2 is 2.04 bits per heavy atom. The lowest BCUT2D eigenvalue weighted by Crippen LogP contribution is -2.55. The normalized spacial score (nSPS) is 21.6. The predicted molar refractivity (Wildman–Crippen MR) is 77.6 cm³/mol. The van der Waals surface area contributed by atoms with E-state index in [4.69, 9.17) is 9.15 Å². The Hall–Kier alpha value is -1.91. The summed E-state index contributed by atoms with van der Waals surface area (Å²) in [5, 5.41) is 11.3. The largest absolute Gasteiger partial charge is 0.479 e. The van der Waals surface area contributed by atoms with Crippen LogP contribution in [0.5, 0.6) is 0 Å². The summed E-state index contributed by atoms with van der Waals surface area (Å²) < 4.78 is 35.2. The number of furan rings is 1. The third kappa shape index (κ3) is 3.09. The maximum Gasteiger partial charge on any atom is 0.331 e. The number of aryl methyl sites for hydroxylation is 1. The Bertz CT molecular complexity index is 730. The van der Waals surface area contributed by atoms with Crippen molar-refractivity contribution < 1.29 is 32.3 Å². The van der Waals surface area contributed by atoms with Crippen LogP contribution < -0.4 is 5.32 Å². The molecule has 23 heavy (non-hydrogen) atoms. The van der Waals surface area contributed by atoms with Crippen LogP contribution in [0.1, 0.15) is 22.5 Å². The van der Waals surface area contributed by atoms with Crippen LogP contribution in [0.25, 0.3) is 0 Å². The molecule has 1 aliphatic heterocycles. The molecule has 1 unspecified atom stereocenters. The van der Waals surface area contributed by atoms with Crippen LogP contribution in [0.4, 0.5) is 0 Å². The lowest BCUT2D eigenvalue weighted by Gasteiger charge is -2.23. The number of rotatable bonds is 5. The van der Waals surface area contributed by atoms with E-state index in [9.17, 15) is 23.1 Å². The van der Waals surface area contributed by atoms with Gasteiger partial charge in [0, 0.05) is 33.2 Å². The number of carbonyl (C=O) groups is 2. The second-order valence-electron chi connectivity index (χ2n) is 5.47. The topological polar surface area (TPSA) is 126 Å². The van der Waals surface area contributed by atoms with Crippen molar-refractivity contribution in [2.75, 3.05) is 27.3 Å². The Labute approximate surface area is 133 Å². The molecule has 1 fully saturated rings. The van der Waals surface area contributed by atoms with Crippen LogP contribution in [0.3, 0.4) is 0 Å². The first-order chi connectivity index (χ1) is 10.6. The Balaban J connectivity index is 2.31. The van der Waals surface area contributed by atoms with Gasteiger partial charge in [-0.25, -0.2) is 17.5 Å². The van der Waals surface area contributed by atoms with E-state index in [2.05, 4.69) is 5.32 Å². The van der Waals surface area contributed by atoms with Crippen LogP contribution in [-0.4, -0.2) is 62.6 Å². The van der Waals surface area contributed by atoms with E-state index in [-0.39, 0.29) is 36.1 Å². The molecule has 0 bridgehead atoms. The molecule has 1 atom stereocenters. The minimum atomic E-state index is -3.83. The van der Waals surface area contributed by atoms with Gasteiger partial charge in [0.15, 0.2) is 5.54 Å². The van der Waals surface area contributed by atoms with Crippen LogP contribution in [0.15, 0.2) is 15.6 Å². The van der Waals surface area contributed by atoms with Crippen molar-refractivity contribution in [3.63, 3.8) is 0 Å². The van der Waals surface area contributed by atoms with E-state index in [1.165, 1.54) is 21.0 Å². The molecule has 128 valence electrons. The third-order valence-corrected chi connectivity index (χ3v) is 5.33. The molecule has 2 rings (SSSR count). The molecule has 10 heteroatoms. The fourth-order valence-electron chi connectivity index (χ4n) is 2.16. The standard InChI is InChI=1S/C13H18N2O7S/c1-8-9(6-10(22-8)23(19,20)15(2)3)11(16)14-13(12(17)18)4-5-21-7-13/h6H,4-5,7H2,1-3H3,(H,14,16)(H,17,18). The molecular weight excluding hydrogens is 328 g/mol. The van der Waals surface area contributed by atoms with E-state index in [0.717, 1.165) is 10.4 Å². The Kier molecular flexibility index (Phi) is 4.51. The SMILES string of the molecule is Cc1oc(S(=O)(=O)N(C)C)cc1C(=O)NC1(C(=O)O)CCOC1. The number of ether oxygens (including phenoxy) is 1. The molecule has 0 aliphatic carbocycles. The van der Waals surface area contributed by atoms with E-state index >= 15 is 0 Å². The molecule has 0 spiro atoms. The van der Waals surface area contributed by atoms with Crippen molar-refractivity contribution in [2.24, 2.45) is 0 Å². The molecule has 2 heterocycles. The van der Waals surface area contributed by atoms with Crippen LogP contribution in [0, 0.1) is 6.92 Å². The second kappa shape index (κ2) is 5.95. The van der Waals surface area contributed by atoms with E-state index in [0.29, 0.717) is 0 Å². The fraction of sp³-hybridized carbons (Fsp3) is 0.538. The highest BCUT2D eigenvalue weighted by Crippen LogP contribution is 2.24. The van der Waals surface area contributed by atoms with Crippen molar-refractivity contribution >= 4 is 21.9 Å². The highest BCUT2D eigenvalue weighted by Gasteiger charge is 2.44. The Morgan fingerprint density at radius 3 is 2.52 bits per heavy atom. The summed E-state index contributed by atoms with van der Waals surface area (Å²) in [6.45, 7) is 1.51. The average Bonchev–Trinajstić information content (AvgIpc) is 3.06. The van der Waals surface area contributed by atoms with Gasteiger partial charge in [-0.1, -0.05) is 0 Å². The molecule has 2 N–H and O–H groups in total. The van der Waals surface area contributed by atoms with Crippen LogP contribution in [-0.2, 0) is 19.6 Å². The summed E-state index contributed by atoms with van der Waals surface area (Å²) in [6.07, 6.45) is 0.133. The summed E-state index contributed by atoms with van der Waals surface area (Å²) >= 11 is 0. The monoisotopic (exact) mass is 346 g/mol. The summed E-state index contributed by atoms with van der Waals surface area (Å²) in [6, 6.07) is 1.09. The number of hydrogen-bond acceptors (Lipinski definition) is 6. The van der Waals surface area contributed by atoms with Gasteiger partial charge in [-0.2, -0.15) is 0 Å². The highest BCUT2D eigenvalue weighted by atomic mass is 32.2. The van der Waals surface area contributed by atoms with Crippen molar-refractivity contribution in [1.82, 2.24) is 9.62 Å². The summed E-state index contributed by atoms with van der Waals surface area (Å²) in [5.74, 6) is -1.84. The quantitative estimate of drug-likeness (QED) is 0.757. The lowest BCUT2D eigenvalue weighted by molar-refractivity contribution is -0.144. The first kappa shape index (κ1) is 17.4. The van der Waals surface area contributed by atoms with Gasteiger partial charge in [-0.05, 0) is 6.92 Å². The summed E-state index contributed by atoms with van der Waals surface area (Å²) in [4.78, 5) is 23.8. The van der Waals surface area contributed by atoms with Gasteiger partial charge >= 0.3 is 5.97 Å². The number of nitrogens with one attached hydrogen (secondary N) is 1. The van der Waals surface area contributed by atoms with Gasteiger partial charge in [-0.3, -0.25) is 4.79 Å². The molecule has 1 aromatic rings. The van der Waals surface area contributed by atoms with Gasteiger partial charge in [0.1, 0.15) is 5.76 Å². The second-order valence-corrected chi connectivity index (χ2v) is 7.55. The van der Waals surface area contributed by atoms with E-state index < -0.39 is 27.4 Å². The van der Waals surface area contributed by atoms with Crippen molar-refractivity contribution in [3.05, 3.63) is 17.4 Å². The van der Waals surface area contributed by atoms with Crippen LogP contribution >= 0.6 is 0 Å². The van der Waals surface area contributed by atoms with Gasteiger partial charge in [-0.15, -0.1) is 0 Å². The number of aliphatic carboxylic acids is 1. The van der Waals surface area contributed by atoms with E-state index in [1.807, 2.05) is 0 Å².